The fraction of sp³-hybridized carbons (Fsp3) is 0.167. The van der Waals surface area contributed by atoms with Crippen molar-refractivity contribution < 1.29 is 4.79 Å². The van der Waals surface area contributed by atoms with E-state index in [1.165, 1.54) is 12.5 Å². The van der Waals surface area contributed by atoms with Gasteiger partial charge in [0.2, 0.25) is 0 Å². The average Bonchev–Trinajstić information content (AvgIpc) is 2.86. The van der Waals surface area contributed by atoms with Crippen molar-refractivity contribution in [1.82, 2.24) is 25.3 Å². The van der Waals surface area contributed by atoms with E-state index in [-0.39, 0.29) is 25.3 Å². The van der Waals surface area contributed by atoms with Crippen molar-refractivity contribution in [3.05, 3.63) is 78.0 Å². The second kappa shape index (κ2) is 10.5. The van der Waals surface area contributed by atoms with Gasteiger partial charge < -0.3 is 10.6 Å². The molecule has 0 radical (unpaired) electrons. The maximum atomic E-state index is 12.2. The fourth-order valence-electron chi connectivity index (χ4n) is 3.55. The van der Waals surface area contributed by atoms with E-state index < -0.39 is 0 Å². The molecule has 1 aromatic carbocycles. The molecule has 0 aliphatic heterocycles. The molecule has 8 nitrogen and oxygen atoms in total. The van der Waals surface area contributed by atoms with Gasteiger partial charge in [-0.3, -0.25) is 14.8 Å². The number of anilines is 1. The Morgan fingerprint density at radius 3 is 2.79 bits per heavy atom. The molecule has 0 bridgehead atoms. The third-order valence-electron chi connectivity index (χ3n) is 5.22. The number of rotatable bonds is 6. The van der Waals surface area contributed by atoms with Crippen molar-refractivity contribution in [1.29, 1.82) is 5.26 Å². The van der Waals surface area contributed by atoms with Gasteiger partial charge in [-0.25, -0.2) is 9.97 Å². The highest BCUT2D eigenvalue weighted by molar-refractivity contribution is 7.59. The predicted octanol–water partition coefficient (Wildman–Crippen LogP) is 3.65. The zero-order valence-corrected chi connectivity index (χ0v) is 19.2. The van der Waals surface area contributed by atoms with E-state index in [9.17, 15) is 4.79 Å². The first-order valence-electron chi connectivity index (χ1n) is 10.1. The standard InChI is InChI=1S/C24H21N7O.H2S/c1-15(18-4-3-5-19-20(24(32)26-2)6-7-28-23(18)19)11-29-22-9-21(30-14-31-22)17-8-16(10-25)12-27-13-17;/h3-9,12-15H,11H2,1-2H3,(H,26,32)(H,29,30,31);1H2/t15-;/m1./s1. The number of nitrogens with zero attached hydrogens (tertiary/aromatic N) is 5. The maximum Gasteiger partial charge on any atom is 0.251 e. The molecule has 166 valence electrons. The van der Waals surface area contributed by atoms with Crippen LogP contribution in [0.15, 0.2) is 61.3 Å². The number of benzene rings is 1. The Bertz CT molecular complexity index is 1340. The largest absolute Gasteiger partial charge is 0.369 e. The van der Waals surface area contributed by atoms with Gasteiger partial charge in [0.15, 0.2) is 0 Å². The molecule has 4 rings (SSSR count). The van der Waals surface area contributed by atoms with E-state index >= 15 is 0 Å². The smallest absolute Gasteiger partial charge is 0.251 e. The summed E-state index contributed by atoms with van der Waals surface area (Å²) in [5.41, 5.74) is 4.37. The van der Waals surface area contributed by atoms with Gasteiger partial charge in [0.1, 0.15) is 18.2 Å². The van der Waals surface area contributed by atoms with E-state index in [1.807, 2.05) is 24.3 Å². The van der Waals surface area contributed by atoms with E-state index in [0.717, 1.165) is 22.0 Å². The molecule has 1 amide bonds. The number of nitriles is 1. The van der Waals surface area contributed by atoms with Crippen LogP contribution in [0.3, 0.4) is 0 Å². The molecule has 33 heavy (non-hydrogen) atoms. The zero-order chi connectivity index (χ0) is 22.5. The lowest BCUT2D eigenvalue weighted by Gasteiger charge is -2.16. The molecule has 0 fully saturated rings. The van der Waals surface area contributed by atoms with Crippen molar-refractivity contribution >= 4 is 36.1 Å². The van der Waals surface area contributed by atoms with E-state index in [1.54, 1.807) is 31.6 Å². The number of amides is 1. The second-order valence-corrected chi connectivity index (χ2v) is 7.33. The summed E-state index contributed by atoms with van der Waals surface area (Å²) >= 11 is 0. The average molecular weight is 458 g/mol. The van der Waals surface area contributed by atoms with Gasteiger partial charge in [0, 0.05) is 55.1 Å². The monoisotopic (exact) mass is 457 g/mol. The Labute approximate surface area is 198 Å². The van der Waals surface area contributed by atoms with Crippen molar-refractivity contribution in [3.63, 3.8) is 0 Å². The highest BCUT2D eigenvalue weighted by atomic mass is 32.1. The third-order valence-corrected chi connectivity index (χ3v) is 5.22. The number of carbonyl (C=O) groups excluding carboxylic acids is 1. The molecule has 3 heterocycles. The topological polar surface area (TPSA) is 116 Å². The number of nitrogens with one attached hydrogen (secondary N) is 2. The predicted molar refractivity (Wildman–Crippen MR) is 132 cm³/mol. The molecule has 4 aromatic rings. The van der Waals surface area contributed by atoms with E-state index in [0.29, 0.717) is 29.2 Å². The Kier molecular flexibility index (Phi) is 7.53. The fourth-order valence-corrected chi connectivity index (χ4v) is 3.55. The Morgan fingerprint density at radius 2 is 2.00 bits per heavy atom. The molecule has 3 aromatic heterocycles. The number of aromatic nitrogens is 4. The molecule has 0 saturated carbocycles. The first-order valence-corrected chi connectivity index (χ1v) is 10.1. The van der Waals surface area contributed by atoms with Gasteiger partial charge in [-0.15, -0.1) is 0 Å². The lowest BCUT2D eigenvalue weighted by atomic mass is 9.96. The van der Waals surface area contributed by atoms with E-state index in [2.05, 4.69) is 43.6 Å². The lowest BCUT2D eigenvalue weighted by molar-refractivity contribution is 0.0964. The van der Waals surface area contributed by atoms with Crippen LogP contribution in [0.4, 0.5) is 5.82 Å². The summed E-state index contributed by atoms with van der Waals surface area (Å²) in [6, 6.07) is 13.3. The number of hydrogen-bond acceptors (Lipinski definition) is 7. The summed E-state index contributed by atoms with van der Waals surface area (Å²) in [5, 5.41) is 15.9. The summed E-state index contributed by atoms with van der Waals surface area (Å²) in [4.78, 5) is 29.5. The Balaban J connectivity index is 0.00000306. The van der Waals surface area contributed by atoms with Crippen LogP contribution in [-0.4, -0.2) is 39.4 Å². The summed E-state index contributed by atoms with van der Waals surface area (Å²) in [6.07, 6.45) is 6.33. The molecule has 9 heteroatoms. The Hall–Kier alpha value is -4.03. The molecule has 0 aliphatic rings. The summed E-state index contributed by atoms with van der Waals surface area (Å²) < 4.78 is 0. The molecular weight excluding hydrogens is 434 g/mol. The third kappa shape index (κ3) is 5.07. The lowest BCUT2D eigenvalue weighted by Crippen LogP contribution is -2.18. The first-order chi connectivity index (χ1) is 15.6. The van der Waals surface area contributed by atoms with Crippen LogP contribution in [0.25, 0.3) is 22.2 Å². The van der Waals surface area contributed by atoms with Gasteiger partial charge in [-0.1, -0.05) is 25.1 Å². The van der Waals surface area contributed by atoms with Crippen LogP contribution in [0.2, 0.25) is 0 Å². The minimum absolute atomic E-state index is 0. The summed E-state index contributed by atoms with van der Waals surface area (Å²) in [7, 11) is 1.62. The molecule has 1 atom stereocenters. The summed E-state index contributed by atoms with van der Waals surface area (Å²) in [6.45, 7) is 2.70. The normalized spacial score (nSPS) is 11.2. The minimum Gasteiger partial charge on any atom is -0.369 e. The number of carbonyl (C=O) groups is 1. The number of hydrogen-bond donors (Lipinski definition) is 2. The zero-order valence-electron chi connectivity index (χ0n) is 18.2. The van der Waals surface area contributed by atoms with Crippen LogP contribution in [-0.2, 0) is 0 Å². The SMILES string of the molecule is CNC(=O)c1ccnc2c([C@H](C)CNc3cc(-c4cncc(C#N)c4)ncn3)cccc12.S. The van der Waals surface area contributed by atoms with Gasteiger partial charge >= 0.3 is 0 Å². The van der Waals surface area contributed by atoms with E-state index in [4.69, 9.17) is 5.26 Å². The van der Waals surface area contributed by atoms with Crippen LogP contribution in [0.1, 0.15) is 34.3 Å². The highest BCUT2D eigenvalue weighted by Gasteiger charge is 2.15. The quantitative estimate of drug-likeness (QED) is 0.454. The number of para-hydroxylation sites is 1. The van der Waals surface area contributed by atoms with Crippen molar-refractivity contribution in [2.75, 3.05) is 18.9 Å². The van der Waals surface area contributed by atoms with Crippen LogP contribution in [0.5, 0.6) is 0 Å². The Morgan fingerprint density at radius 1 is 1.15 bits per heavy atom. The number of pyridine rings is 2. The maximum absolute atomic E-state index is 12.2. The van der Waals surface area contributed by atoms with Crippen LogP contribution in [0, 0.1) is 11.3 Å². The number of fused-ring (bicyclic) bond motifs is 1. The van der Waals surface area contributed by atoms with Crippen molar-refractivity contribution in [2.24, 2.45) is 0 Å². The molecule has 0 unspecified atom stereocenters. The van der Waals surface area contributed by atoms with Crippen molar-refractivity contribution in [2.45, 2.75) is 12.8 Å². The first kappa shape index (κ1) is 23.6. The highest BCUT2D eigenvalue weighted by Crippen LogP contribution is 2.27. The van der Waals surface area contributed by atoms with Crippen molar-refractivity contribution in [3.8, 4) is 17.3 Å². The van der Waals surface area contributed by atoms with Crippen LogP contribution < -0.4 is 10.6 Å². The summed E-state index contributed by atoms with van der Waals surface area (Å²) in [5.74, 6) is 0.639. The molecule has 0 saturated heterocycles. The van der Waals surface area contributed by atoms with Gasteiger partial charge in [-0.05, 0) is 17.7 Å². The molecule has 0 aliphatic carbocycles. The molecular formula is C24H23N7OS. The molecule has 0 spiro atoms. The van der Waals surface area contributed by atoms with Gasteiger partial charge in [0.25, 0.3) is 5.91 Å². The van der Waals surface area contributed by atoms with Crippen LogP contribution >= 0.6 is 13.5 Å². The minimum atomic E-state index is -0.135. The van der Waals surface area contributed by atoms with Gasteiger partial charge in [0.05, 0.1) is 22.3 Å². The van der Waals surface area contributed by atoms with Gasteiger partial charge in [-0.2, -0.15) is 18.8 Å². The second-order valence-electron chi connectivity index (χ2n) is 7.33. The molecule has 2 N–H and O–H groups in total.